The van der Waals surface area contributed by atoms with E-state index in [1.54, 1.807) is 11.4 Å². The van der Waals surface area contributed by atoms with Crippen molar-refractivity contribution >= 4 is 23.6 Å². The van der Waals surface area contributed by atoms with E-state index in [0.29, 0.717) is 11.3 Å². The van der Waals surface area contributed by atoms with E-state index in [9.17, 15) is 27.2 Å². The molecule has 0 aliphatic rings. The molecule has 0 unspecified atom stereocenters. The maximum Gasteiger partial charge on any atom is 0.471 e. The summed E-state index contributed by atoms with van der Waals surface area (Å²) in [7, 11) is 0. The van der Waals surface area contributed by atoms with Crippen LogP contribution in [0.4, 0.5) is 23.2 Å². The summed E-state index contributed by atoms with van der Waals surface area (Å²) in [5, 5.41) is 4.28. The van der Waals surface area contributed by atoms with E-state index in [1.807, 2.05) is 0 Å². The van der Waals surface area contributed by atoms with E-state index >= 15 is 0 Å². The molecule has 136 valence electrons. The van der Waals surface area contributed by atoms with Gasteiger partial charge < -0.3 is 10.6 Å². The number of benzene rings is 2. The summed E-state index contributed by atoms with van der Waals surface area (Å²) in [6, 6.07) is 11.8. The molecule has 2 rings (SSSR count). The Morgan fingerprint density at radius 3 is 2.27 bits per heavy atom. The third-order valence-electron chi connectivity index (χ3n) is 3.25. The lowest BCUT2D eigenvalue weighted by molar-refractivity contribution is -0.173. The first-order valence-corrected chi connectivity index (χ1v) is 7.43. The average molecular weight is 366 g/mol. The summed E-state index contributed by atoms with van der Waals surface area (Å²) in [4.78, 5) is 22.5. The zero-order valence-electron chi connectivity index (χ0n) is 13.3. The van der Waals surface area contributed by atoms with Gasteiger partial charge in [0, 0.05) is 23.9 Å². The molecule has 0 aromatic heterocycles. The van der Waals surface area contributed by atoms with Crippen molar-refractivity contribution in [3.05, 3.63) is 71.6 Å². The Bertz CT molecular complexity index is 815. The molecule has 2 N–H and O–H groups in total. The highest BCUT2D eigenvalue weighted by atomic mass is 19.4. The molecule has 0 spiro atoms. The Morgan fingerprint density at radius 2 is 1.65 bits per heavy atom. The van der Waals surface area contributed by atoms with Crippen molar-refractivity contribution < 1.29 is 27.2 Å². The highest BCUT2D eigenvalue weighted by molar-refractivity contribution is 6.01. The van der Waals surface area contributed by atoms with Crippen molar-refractivity contribution in [2.75, 3.05) is 5.32 Å². The quantitative estimate of drug-likeness (QED) is 0.627. The first kappa shape index (κ1) is 19.2. The second-order valence-electron chi connectivity index (χ2n) is 5.22. The number of alkyl halides is 3. The normalized spacial score (nSPS) is 11.4. The van der Waals surface area contributed by atoms with Gasteiger partial charge >= 0.3 is 12.1 Å². The molecule has 0 fully saturated rings. The molecule has 2 aromatic rings. The Labute approximate surface area is 146 Å². The minimum Gasteiger partial charge on any atom is -0.344 e. The average Bonchev–Trinajstić information content (AvgIpc) is 2.59. The van der Waals surface area contributed by atoms with Gasteiger partial charge in [-0.1, -0.05) is 30.3 Å². The van der Waals surface area contributed by atoms with Crippen molar-refractivity contribution in [3.8, 4) is 0 Å². The second-order valence-corrected chi connectivity index (χ2v) is 5.22. The third-order valence-corrected chi connectivity index (χ3v) is 3.25. The number of anilines is 1. The standard InChI is InChI=1S/C18H14F4N2O2/c19-15-4-2-1-3-13(15)7-10-16(25)24-14-8-5-12(6-9-14)11-23-17(26)18(20,21)22/h1-10H,11H2,(H,23,26)(H,24,25)/b10-7+. The van der Waals surface area contributed by atoms with E-state index in [-0.39, 0.29) is 12.1 Å². The molecular weight excluding hydrogens is 352 g/mol. The minimum absolute atomic E-state index is 0.262. The Balaban J connectivity index is 1.89. The smallest absolute Gasteiger partial charge is 0.344 e. The van der Waals surface area contributed by atoms with Gasteiger partial charge in [-0.2, -0.15) is 13.2 Å². The molecule has 0 heterocycles. The molecule has 2 aromatic carbocycles. The highest BCUT2D eigenvalue weighted by Crippen LogP contribution is 2.15. The van der Waals surface area contributed by atoms with Gasteiger partial charge in [0.2, 0.25) is 5.91 Å². The fourth-order valence-corrected chi connectivity index (χ4v) is 1.95. The van der Waals surface area contributed by atoms with Crippen LogP contribution in [-0.4, -0.2) is 18.0 Å². The summed E-state index contributed by atoms with van der Waals surface area (Å²) in [6.45, 7) is -0.292. The number of hydrogen-bond donors (Lipinski definition) is 2. The number of hydrogen-bond acceptors (Lipinski definition) is 2. The van der Waals surface area contributed by atoms with Crippen molar-refractivity contribution in [1.82, 2.24) is 5.32 Å². The number of carbonyl (C=O) groups excluding carboxylic acids is 2. The number of rotatable bonds is 5. The maximum atomic E-state index is 13.4. The van der Waals surface area contributed by atoms with E-state index in [4.69, 9.17) is 0 Å². The van der Waals surface area contributed by atoms with Gasteiger partial charge in [-0.05, 0) is 29.8 Å². The molecule has 0 aliphatic heterocycles. The summed E-state index contributed by atoms with van der Waals surface area (Å²) < 4.78 is 49.7. The van der Waals surface area contributed by atoms with Gasteiger partial charge in [0.05, 0.1) is 0 Å². The van der Waals surface area contributed by atoms with Crippen molar-refractivity contribution in [3.63, 3.8) is 0 Å². The zero-order chi connectivity index (χ0) is 19.2. The van der Waals surface area contributed by atoms with Crippen LogP contribution >= 0.6 is 0 Å². The van der Waals surface area contributed by atoms with Crippen LogP contribution in [0.1, 0.15) is 11.1 Å². The molecular formula is C18H14F4N2O2. The molecule has 0 radical (unpaired) electrons. The number of amides is 2. The number of halogens is 4. The lowest BCUT2D eigenvalue weighted by Gasteiger charge is -2.08. The van der Waals surface area contributed by atoms with Crippen LogP contribution in [-0.2, 0) is 16.1 Å². The van der Waals surface area contributed by atoms with Crippen LogP contribution in [0.2, 0.25) is 0 Å². The number of carbonyl (C=O) groups is 2. The summed E-state index contributed by atoms with van der Waals surface area (Å²) in [5.41, 5.74) is 1.10. The van der Waals surface area contributed by atoms with E-state index in [2.05, 4.69) is 5.32 Å². The topological polar surface area (TPSA) is 58.2 Å². The van der Waals surface area contributed by atoms with Crippen LogP contribution in [0.3, 0.4) is 0 Å². The van der Waals surface area contributed by atoms with Crippen LogP contribution in [0.15, 0.2) is 54.6 Å². The third kappa shape index (κ3) is 5.73. The molecule has 0 aliphatic carbocycles. The lowest BCUT2D eigenvalue weighted by Crippen LogP contribution is -2.36. The van der Waals surface area contributed by atoms with Gasteiger partial charge in [0.25, 0.3) is 0 Å². The zero-order valence-corrected chi connectivity index (χ0v) is 13.3. The van der Waals surface area contributed by atoms with Gasteiger partial charge in [-0.3, -0.25) is 9.59 Å². The molecule has 2 amide bonds. The first-order valence-electron chi connectivity index (χ1n) is 7.43. The monoisotopic (exact) mass is 366 g/mol. The van der Waals surface area contributed by atoms with Crippen LogP contribution in [0.5, 0.6) is 0 Å². The first-order chi connectivity index (χ1) is 12.3. The van der Waals surface area contributed by atoms with Gasteiger partial charge in [-0.15, -0.1) is 0 Å². The predicted molar refractivity (Wildman–Crippen MR) is 88.4 cm³/mol. The molecule has 26 heavy (non-hydrogen) atoms. The largest absolute Gasteiger partial charge is 0.471 e. The van der Waals surface area contributed by atoms with Crippen molar-refractivity contribution in [1.29, 1.82) is 0 Å². The Hall–Kier alpha value is -3.16. The minimum atomic E-state index is -4.93. The molecule has 8 heteroatoms. The molecule has 0 saturated carbocycles. The molecule has 0 atom stereocenters. The number of nitrogens with one attached hydrogen (secondary N) is 2. The lowest BCUT2D eigenvalue weighted by atomic mass is 10.2. The van der Waals surface area contributed by atoms with Gasteiger partial charge in [0.15, 0.2) is 0 Å². The van der Waals surface area contributed by atoms with Crippen molar-refractivity contribution in [2.24, 2.45) is 0 Å². The SMILES string of the molecule is O=C(/C=C/c1ccccc1F)Nc1ccc(CNC(=O)C(F)(F)F)cc1. The van der Waals surface area contributed by atoms with Crippen molar-refractivity contribution in [2.45, 2.75) is 12.7 Å². The second kappa shape index (κ2) is 8.28. The summed E-state index contributed by atoms with van der Waals surface area (Å²) in [6.07, 6.45) is -2.44. The van der Waals surface area contributed by atoms with Gasteiger partial charge in [-0.25, -0.2) is 4.39 Å². The van der Waals surface area contributed by atoms with E-state index in [0.717, 1.165) is 6.08 Å². The molecule has 0 bridgehead atoms. The summed E-state index contributed by atoms with van der Waals surface area (Å²) >= 11 is 0. The predicted octanol–water partition coefficient (Wildman–Crippen LogP) is 3.66. The highest BCUT2D eigenvalue weighted by Gasteiger charge is 2.38. The fraction of sp³-hybridized carbons (Fsp3) is 0.111. The van der Waals surface area contributed by atoms with E-state index < -0.39 is 23.8 Å². The van der Waals surface area contributed by atoms with Crippen LogP contribution in [0, 0.1) is 5.82 Å². The van der Waals surface area contributed by atoms with Crippen LogP contribution in [0.25, 0.3) is 6.08 Å². The van der Waals surface area contributed by atoms with Gasteiger partial charge in [0.1, 0.15) is 5.82 Å². The Kier molecular flexibility index (Phi) is 6.11. The van der Waals surface area contributed by atoms with E-state index in [1.165, 1.54) is 48.5 Å². The Morgan fingerprint density at radius 1 is 1.00 bits per heavy atom. The summed E-state index contributed by atoms with van der Waals surface area (Å²) in [5.74, 6) is -2.97. The maximum absolute atomic E-state index is 13.4. The fourth-order valence-electron chi connectivity index (χ4n) is 1.95. The molecule has 0 saturated heterocycles. The van der Waals surface area contributed by atoms with Crippen LogP contribution < -0.4 is 10.6 Å². The molecule has 4 nitrogen and oxygen atoms in total.